The van der Waals surface area contributed by atoms with E-state index in [1.807, 2.05) is 0 Å². The molecule has 5 atom stereocenters. The molecule has 2 saturated heterocycles. The number of nitrogens with one attached hydrogen (secondary N) is 1. The second kappa shape index (κ2) is 6.61. The van der Waals surface area contributed by atoms with Crippen LogP contribution in [0.5, 0.6) is 0 Å². The lowest BCUT2D eigenvalue weighted by Gasteiger charge is -2.30. The van der Waals surface area contributed by atoms with Crippen molar-refractivity contribution in [2.24, 2.45) is 5.92 Å². The molecule has 1 amide bonds. The molecule has 2 aromatic rings. The SMILES string of the molecule is O=C(Nc1cccc(C(F)(F)F)c1)[C@H]1[C@@H]2O[C@@H](C[C@H]2O)[C@@H]1c1ccncc1. The second-order valence-electron chi connectivity index (χ2n) is 6.84. The third-order valence-corrected chi connectivity index (χ3v) is 5.18. The molecule has 0 unspecified atom stereocenters. The van der Waals surface area contributed by atoms with Crippen LogP contribution >= 0.6 is 0 Å². The summed E-state index contributed by atoms with van der Waals surface area (Å²) in [5.74, 6) is -1.45. The molecule has 2 bridgehead atoms. The molecule has 1 aromatic carbocycles. The van der Waals surface area contributed by atoms with Gasteiger partial charge in [-0.25, -0.2) is 0 Å². The molecule has 2 aliphatic rings. The Labute approximate surface area is 153 Å². The monoisotopic (exact) mass is 378 g/mol. The molecule has 2 N–H and O–H groups in total. The van der Waals surface area contributed by atoms with Crippen molar-refractivity contribution in [3.05, 3.63) is 59.9 Å². The number of anilines is 1. The van der Waals surface area contributed by atoms with Gasteiger partial charge in [0.1, 0.15) is 0 Å². The first-order valence-electron chi connectivity index (χ1n) is 8.56. The number of hydrogen-bond donors (Lipinski definition) is 2. The number of aliphatic hydroxyl groups excluding tert-OH is 1. The fourth-order valence-corrected chi connectivity index (χ4v) is 4.03. The van der Waals surface area contributed by atoms with Gasteiger partial charge in [-0.2, -0.15) is 13.2 Å². The van der Waals surface area contributed by atoms with Gasteiger partial charge in [-0.05, 0) is 35.9 Å². The van der Waals surface area contributed by atoms with Crippen LogP contribution in [0.1, 0.15) is 23.5 Å². The molecule has 2 aliphatic heterocycles. The van der Waals surface area contributed by atoms with Crippen LogP contribution < -0.4 is 5.32 Å². The van der Waals surface area contributed by atoms with Crippen LogP contribution in [0.4, 0.5) is 18.9 Å². The Morgan fingerprint density at radius 3 is 2.67 bits per heavy atom. The van der Waals surface area contributed by atoms with Crippen molar-refractivity contribution in [3.63, 3.8) is 0 Å². The lowest BCUT2D eigenvalue weighted by molar-refractivity contribution is -0.137. The van der Waals surface area contributed by atoms with E-state index in [0.717, 1.165) is 17.7 Å². The van der Waals surface area contributed by atoms with E-state index >= 15 is 0 Å². The maximum Gasteiger partial charge on any atom is 0.416 e. The highest BCUT2D eigenvalue weighted by molar-refractivity contribution is 5.94. The maximum absolute atomic E-state index is 12.9. The first-order chi connectivity index (χ1) is 12.8. The molecule has 0 spiro atoms. The third-order valence-electron chi connectivity index (χ3n) is 5.18. The minimum Gasteiger partial charge on any atom is -0.390 e. The summed E-state index contributed by atoms with van der Waals surface area (Å²) in [5, 5.41) is 12.7. The number of pyridine rings is 1. The molecule has 0 aliphatic carbocycles. The van der Waals surface area contributed by atoms with Gasteiger partial charge in [0, 0.05) is 30.4 Å². The Bertz CT molecular complexity index is 844. The number of rotatable bonds is 3. The van der Waals surface area contributed by atoms with Gasteiger partial charge < -0.3 is 15.2 Å². The summed E-state index contributed by atoms with van der Waals surface area (Å²) in [7, 11) is 0. The maximum atomic E-state index is 12.9. The van der Waals surface area contributed by atoms with Crippen LogP contribution in [0.3, 0.4) is 0 Å². The van der Waals surface area contributed by atoms with Crippen LogP contribution in [0.2, 0.25) is 0 Å². The molecule has 4 rings (SSSR count). The van der Waals surface area contributed by atoms with Gasteiger partial charge in [0.25, 0.3) is 0 Å². The van der Waals surface area contributed by atoms with E-state index in [4.69, 9.17) is 4.74 Å². The van der Waals surface area contributed by atoms with E-state index in [1.165, 1.54) is 12.1 Å². The number of hydrogen-bond acceptors (Lipinski definition) is 4. The Morgan fingerprint density at radius 2 is 1.96 bits per heavy atom. The number of carbonyl (C=O) groups is 1. The summed E-state index contributed by atoms with van der Waals surface area (Å²) >= 11 is 0. The summed E-state index contributed by atoms with van der Waals surface area (Å²) in [6.45, 7) is 0. The summed E-state index contributed by atoms with van der Waals surface area (Å²) in [4.78, 5) is 16.9. The van der Waals surface area contributed by atoms with E-state index in [9.17, 15) is 23.1 Å². The topological polar surface area (TPSA) is 71.5 Å². The molecule has 27 heavy (non-hydrogen) atoms. The lowest BCUT2D eigenvalue weighted by Crippen LogP contribution is -2.42. The first-order valence-corrected chi connectivity index (χ1v) is 8.56. The van der Waals surface area contributed by atoms with Crippen molar-refractivity contribution in [1.82, 2.24) is 4.98 Å². The van der Waals surface area contributed by atoms with Crippen LogP contribution in [-0.2, 0) is 15.7 Å². The standard InChI is InChI=1S/C19H17F3N2O3/c20-19(21,22)11-2-1-3-12(8-11)24-18(26)16-15(10-4-6-23-7-5-10)14-9-13(25)17(16)27-14/h1-8,13-17,25H,9H2,(H,24,26)/t13-,14+,15+,16-,17-/m1/s1. The number of alkyl halides is 3. The molecule has 3 heterocycles. The molecule has 1 aromatic heterocycles. The fraction of sp³-hybridized carbons (Fsp3) is 0.368. The van der Waals surface area contributed by atoms with Crippen LogP contribution in [0, 0.1) is 5.92 Å². The summed E-state index contributed by atoms with van der Waals surface area (Å²) < 4.78 is 44.5. The van der Waals surface area contributed by atoms with Gasteiger partial charge in [0.15, 0.2) is 0 Å². The van der Waals surface area contributed by atoms with Gasteiger partial charge in [-0.15, -0.1) is 0 Å². The highest BCUT2D eigenvalue weighted by Gasteiger charge is 2.57. The Hall–Kier alpha value is -2.45. The van der Waals surface area contributed by atoms with Crippen molar-refractivity contribution in [3.8, 4) is 0 Å². The predicted molar refractivity (Wildman–Crippen MR) is 89.8 cm³/mol. The average Bonchev–Trinajstić information content (AvgIpc) is 3.19. The number of nitrogens with zero attached hydrogens (tertiary/aromatic N) is 1. The minimum atomic E-state index is -4.49. The van der Waals surface area contributed by atoms with E-state index < -0.39 is 35.8 Å². The zero-order valence-corrected chi connectivity index (χ0v) is 14.1. The quantitative estimate of drug-likeness (QED) is 0.862. The van der Waals surface area contributed by atoms with E-state index in [0.29, 0.717) is 6.42 Å². The number of ether oxygens (including phenoxy) is 1. The molecule has 2 fully saturated rings. The van der Waals surface area contributed by atoms with Crippen molar-refractivity contribution >= 4 is 11.6 Å². The third kappa shape index (κ3) is 3.30. The smallest absolute Gasteiger partial charge is 0.390 e. The number of benzene rings is 1. The Kier molecular flexibility index (Phi) is 4.39. The van der Waals surface area contributed by atoms with Crippen molar-refractivity contribution < 1.29 is 27.8 Å². The highest BCUT2D eigenvalue weighted by atomic mass is 19.4. The highest BCUT2D eigenvalue weighted by Crippen LogP contribution is 2.49. The molecule has 0 radical (unpaired) electrons. The van der Waals surface area contributed by atoms with Crippen LogP contribution in [0.25, 0.3) is 0 Å². The zero-order valence-electron chi connectivity index (χ0n) is 14.1. The van der Waals surface area contributed by atoms with Gasteiger partial charge >= 0.3 is 6.18 Å². The fourth-order valence-electron chi connectivity index (χ4n) is 4.03. The summed E-state index contributed by atoms with van der Waals surface area (Å²) in [5.41, 5.74) is 0.0735. The van der Waals surface area contributed by atoms with Gasteiger partial charge in [-0.3, -0.25) is 9.78 Å². The normalized spacial score (nSPS) is 29.7. The Balaban J connectivity index is 1.60. The number of fused-ring (bicyclic) bond motifs is 2. The molecular weight excluding hydrogens is 361 g/mol. The average molecular weight is 378 g/mol. The van der Waals surface area contributed by atoms with Crippen molar-refractivity contribution in [2.75, 3.05) is 5.32 Å². The number of aliphatic hydroxyl groups is 1. The van der Waals surface area contributed by atoms with Crippen molar-refractivity contribution in [1.29, 1.82) is 0 Å². The van der Waals surface area contributed by atoms with E-state index in [1.54, 1.807) is 24.5 Å². The molecule has 0 saturated carbocycles. The molecular formula is C19H17F3N2O3. The largest absolute Gasteiger partial charge is 0.416 e. The lowest BCUT2D eigenvalue weighted by atomic mass is 9.74. The van der Waals surface area contributed by atoms with Gasteiger partial charge in [0.05, 0.1) is 29.8 Å². The van der Waals surface area contributed by atoms with Gasteiger partial charge in [-0.1, -0.05) is 6.07 Å². The first kappa shape index (κ1) is 17.9. The van der Waals surface area contributed by atoms with E-state index in [-0.39, 0.29) is 17.7 Å². The molecule has 5 nitrogen and oxygen atoms in total. The summed E-state index contributed by atoms with van der Waals surface area (Å²) in [6.07, 6.45) is -2.62. The predicted octanol–water partition coefficient (Wildman–Crippen LogP) is 2.97. The van der Waals surface area contributed by atoms with E-state index in [2.05, 4.69) is 10.3 Å². The Morgan fingerprint density at radius 1 is 1.22 bits per heavy atom. The zero-order chi connectivity index (χ0) is 19.2. The minimum absolute atomic E-state index is 0.0561. The molecule has 142 valence electrons. The number of halogens is 3. The van der Waals surface area contributed by atoms with Crippen LogP contribution in [-0.4, -0.2) is 34.3 Å². The molecule has 8 heteroatoms. The number of aromatic nitrogens is 1. The van der Waals surface area contributed by atoms with Crippen molar-refractivity contribution in [2.45, 2.75) is 36.8 Å². The van der Waals surface area contributed by atoms with Crippen LogP contribution in [0.15, 0.2) is 48.8 Å². The second-order valence-corrected chi connectivity index (χ2v) is 6.84. The summed E-state index contributed by atoms with van der Waals surface area (Å²) in [6, 6.07) is 8.05. The number of amides is 1. The van der Waals surface area contributed by atoms with Gasteiger partial charge in [0.2, 0.25) is 5.91 Å². The number of carbonyl (C=O) groups excluding carboxylic acids is 1.